The van der Waals surface area contributed by atoms with Gasteiger partial charge < -0.3 is 14.8 Å². The van der Waals surface area contributed by atoms with Crippen molar-refractivity contribution in [1.29, 1.82) is 0 Å². The summed E-state index contributed by atoms with van der Waals surface area (Å²) in [7, 11) is 1.62. The van der Waals surface area contributed by atoms with Crippen LogP contribution in [0.4, 0.5) is 0 Å². The Morgan fingerprint density at radius 3 is 2.26 bits per heavy atom. The molecule has 6 nitrogen and oxygen atoms in total. The van der Waals surface area contributed by atoms with Gasteiger partial charge in [-0.2, -0.15) is 0 Å². The summed E-state index contributed by atoms with van der Waals surface area (Å²) in [5.41, 5.74) is 4.05. The van der Waals surface area contributed by atoms with Crippen LogP contribution in [0.2, 0.25) is 5.02 Å². The Hall–Kier alpha value is -3.32. The predicted molar refractivity (Wildman–Crippen MR) is 138 cm³/mol. The third-order valence-electron chi connectivity index (χ3n) is 6.83. The molecule has 3 aromatic carbocycles. The van der Waals surface area contributed by atoms with Gasteiger partial charge in [0.05, 0.1) is 13.2 Å². The number of carboxylic acid groups (broad SMARTS) is 1. The summed E-state index contributed by atoms with van der Waals surface area (Å²) in [5, 5.41) is 11.8. The number of nitrogens with one attached hydrogen (secondary N) is 1. The number of benzene rings is 3. The van der Waals surface area contributed by atoms with E-state index in [1.165, 1.54) is 11.1 Å². The van der Waals surface area contributed by atoms with Crippen molar-refractivity contribution in [2.75, 3.05) is 33.3 Å². The van der Waals surface area contributed by atoms with Crippen molar-refractivity contribution in [3.8, 4) is 5.75 Å². The number of ether oxygens (including phenoxy) is 1. The molecule has 0 radical (unpaired) electrons. The number of piperazine rings is 1. The van der Waals surface area contributed by atoms with Crippen LogP contribution >= 0.6 is 11.6 Å². The molecule has 2 heterocycles. The van der Waals surface area contributed by atoms with Crippen LogP contribution in [0.25, 0.3) is 10.9 Å². The normalized spacial score (nSPS) is 16.7. The number of fused-ring (bicyclic) bond motifs is 1. The molecule has 1 saturated heterocycles. The Morgan fingerprint density at radius 1 is 0.943 bits per heavy atom. The van der Waals surface area contributed by atoms with Gasteiger partial charge in [-0.15, -0.1) is 0 Å². The number of methoxy groups -OCH3 is 1. The van der Waals surface area contributed by atoms with Crippen LogP contribution in [0, 0.1) is 0 Å². The van der Waals surface area contributed by atoms with Crippen molar-refractivity contribution in [2.45, 2.75) is 12.1 Å². The van der Waals surface area contributed by atoms with Gasteiger partial charge in [0, 0.05) is 53.9 Å². The van der Waals surface area contributed by atoms with E-state index in [1.54, 1.807) is 7.11 Å². The average Bonchev–Trinajstić information content (AvgIpc) is 3.29. The molecule has 180 valence electrons. The number of aliphatic carboxylic acids is 1. The lowest BCUT2D eigenvalue weighted by atomic mass is 9.96. The molecular weight excluding hydrogens is 462 g/mol. The highest BCUT2D eigenvalue weighted by atomic mass is 35.5. The molecule has 1 fully saturated rings. The second-order valence-corrected chi connectivity index (χ2v) is 9.27. The first kappa shape index (κ1) is 23.4. The van der Waals surface area contributed by atoms with Crippen LogP contribution in [0.5, 0.6) is 5.75 Å². The fraction of sp³-hybridized carbons (Fsp3) is 0.250. The number of hydrogen-bond acceptors (Lipinski definition) is 4. The maximum atomic E-state index is 12.5. The number of carbonyl (C=O) groups is 1. The van der Waals surface area contributed by atoms with Crippen LogP contribution in [-0.2, 0) is 4.79 Å². The molecule has 0 aliphatic carbocycles. The molecule has 0 bridgehead atoms. The average molecular weight is 490 g/mol. The van der Waals surface area contributed by atoms with Crippen LogP contribution in [0.1, 0.15) is 28.8 Å². The van der Waals surface area contributed by atoms with E-state index >= 15 is 0 Å². The molecule has 2 N–H and O–H groups in total. The molecule has 1 aromatic heterocycles. The van der Waals surface area contributed by atoms with Gasteiger partial charge in [0.1, 0.15) is 11.8 Å². The van der Waals surface area contributed by atoms with Gasteiger partial charge in [-0.25, -0.2) is 0 Å². The third kappa shape index (κ3) is 4.78. The first-order chi connectivity index (χ1) is 17.0. The molecule has 4 aromatic rings. The fourth-order valence-corrected chi connectivity index (χ4v) is 5.23. The molecule has 1 aliphatic rings. The molecule has 7 heteroatoms. The summed E-state index contributed by atoms with van der Waals surface area (Å²) in [6.07, 6.45) is 1.82. The highest BCUT2D eigenvalue weighted by Crippen LogP contribution is 2.34. The van der Waals surface area contributed by atoms with Crippen LogP contribution < -0.4 is 4.74 Å². The van der Waals surface area contributed by atoms with E-state index in [-0.39, 0.29) is 6.04 Å². The van der Waals surface area contributed by atoms with Crippen LogP contribution in [-0.4, -0.2) is 59.1 Å². The molecule has 0 amide bonds. The summed E-state index contributed by atoms with van der Waals surface area (Å²) >= 11 is 6.15. The number of aromatic amines is 1. The molecule has 1 aliphatic heterocycles. The maximum absolute atomic E-state index is 12.5. The Bertz CT molecular complexity index is 1300. The van der Waals surface area contributed by atoms with E-state index in [1.807, 2.05) is 42.6 Å². The fourth-order valence-electron chi connectivity index (χ4n) is 5.11. The van der Waals surface area contributed by atoms with E-state index in [2.05, 4.69) is 51.2 Å². The Morgan fingerprint density at radius 2 is 1.60 bits per heavy atom. The first-order valence-corrected chi connectivity index (χ1v) is 12.1. The topological polar surface area (TPSA) is 68.8 Å². The minimum absolute atomic E-state index is 0.0799. The molecule has 0 unspecified atom stereocenters. The summed E-state index contributed by atoms with van der Waals surface area (Å²) in [6, 6.07) is 23.5. The quantitative estimate of drug-likeness (QED) is 0.365. The van der Waals surface area contributed by atoms with E-state index in [9.17, 15) is 9.90 Å². The highest BCUT2D eigenvalue weighted by molar-refractivity contribution is 6.30. The van der Waals surface area contributed by atoms with Gasteiger partial charge in [-0.1, -0.05) is 54.1 Å². The minimum atomic E-state index is -0.848. The Kier molecular flexibility index (Phi) is 6.77. The summed E-state index contributed by atoms with van der Waals surface area (Å²) in [4.78, 5) is 20.2. The molecule has 35 heavy (non-hydrogen) atoms. The second-order valence-electron chi connectivity index (χ2n) is 8.83. The zero-order valence-electron chi connectivity index (χ0n) is 19.5. The van der Waals surface area contributed by atoms with Gasteiger partial charge >= 0.3 is 5.97 Å². The molecule has 5 rings (SSSR count). The number of H-pyrrole nitrogens is 1. The van der Waals surface area contributed by atoms with Crippen molar-refractivity contribution < 1.29 is 14.6 Å². The highest BCUT2D eigenvalue weighted by Gasteiger charge is 2.34. The summed E-state index contributed by atoms with van der Waals surface area (Å²) < 4.78 is 5.37. The van der Waals surface area contributed by atoms with E-state index < -0.39 is 12.0 Å². The van der Waals surface area contributed by atoms with Crippen LogP contribution in [0.15, 0.2) is 79.0 Å². The Labute approximate surface area is 209 Å². The van der Waals surface area contributed by atoms with E-state index in [0.717, 1.165) is 29.6 Å². The lowest BCUT2D eigenvalue weighted by Crippen LogP contribution is -2.50. The number of halogens is 1. The Balaban J connectivity index is 1.40. The zero-order chi connectivity index (χ0) is 24.4. The van der Waals surface area contributed by atoms with Crippen molar-refractivity contribution >= 4 is 28.5 Å². The lowest BCUT2D eigenvalue weighted by molar-refractivity contribution is -0.144. The van der Waals surface area contributed by atoms with Crippen molar-refractivity contribution in [1.82, 2.24) is 14.8 Å². The van der Waals surface area contributed by atoms with Crippen molar-refractivity contribution in [2.24, 2.45) is 0 Å². The minimum Gasteiger partial charge on any atom is -0.497 e. The molecular formula is C28H28ClN3O3. The number of carboxylic acids is 1. The second kappa shape index (κ2) is 10.1. The predicted octanol–water partition coefficient (Wildman–Crippen LogP) is 5.36. The van der Waals surface area contributed by atoms with Crippen molar-refractivity contribution in [3.63, 3.8) is 0 Å². The molecule has 2 atom stereocenters. The maximum Gasteiger partial charge on any atom is 0.325 e. The monoisotopic (exact) mass is 489 g/mol. The smallest absolute Gasteiger partial charge is 0.325 e. The molecule has 0 saturated carbocycles. The van der Waals surface area contributed by atoms with Gasteiger partial charge in [0.2, 0.25) is 0 Å². The standard InChI is InChI=1S/C28H28ClN3O3/c1-35-22-11-12-25-23(17-22)24(18-30-25)27(28(33)34)32-15-13-31(14-16-32)26(19-5-3-2-4-6-19)20-7-9-21(29)10-8-20/h2-12,17-18,26-27,30H,13-16H2,1H3,(H,33,34)/t26-,27-/m0/s1. The van der Waals surface area contributed by atoms with Gasteiger partial charge in [0.25, 0.3) is 0 Å². The van der Waals surface area contributed by atoms with Gasteiger partial charge in [-0.05, 0) is 41.5 Å². The summed E-state index contributed by atoms with van der Waals surface area (Å²) in [6.45, 7) is 2.78. The number of aromatic nitrogens is 1. The van der Waals surface area contributed by atoms with Crippen LogP contribution in [0.3, 0.4) is 0 Å². The van der Waals surface area contributed by atoms with Crippen molar-refractivity contribution in [3.05, 3.63) is 101 Å². The molecule has 0 spiro atoms. The summed E-state index contributed by atoms with van der Waals surface area (Å²) in [5.74, 6) is -0.138. The zero-order valence-corrected chi connectivity index (χ0v) is 20.3. The lowest BCUT2D eigenvalue weighted by Gasteiger charge is -2.41. The van der Waals surface area contributed by atoms with Gasteiger partial charge in [0.15, 0.2) is 0 Å². The van der Waals surface area contributed by atoms with Gasteiger partial charge in [-0.3, -0.25) is 14.6 Å². The van der Waals surface area contributed by atoms with E-state index in [0.29, 0.717) is 23.9 Å². The largest absolute Gasteiger partial charge is 0.497 e. The number of hydrogen-bond donors (Lipinski definition) is 2. The SMILES string of the molecule is COc1ccc2[nH]cc([C@@H](C(=O)O)N3CCN([C@@H](c4ccccc4)c4ccc(Cl)cc4)CC3)c2c1. The number of rotatable bonds is 7. The number of nitrogens with zero attached hydrogens (tertiary/aromatic N) is 2. The van der Waals surface area contributed by atoms with E-state index in [4.69, 9.17) is 16.3 Å². The third-order valence-corrected chi connectivity index (χ3v) is 7.08. The first-order valence-electron chi connectivity index (χ1n) is 11.7.